The second kappa shape index (κ2) is 6.49. The first-order valence-corrected chi connectivity index (χ1v) is 4.35. The van der Waals surface area contributed by atoms with Crippen LogP contribution >= 0.6 is 0 Å². The molecule has 0 saturated carbocycles. The van der Waals surface area contributed by atoms with E-state index in [1.165, 1.54) is 0 Å². The van der Waals surface area contributed by atoms with E-state index in [0.29, 0.717) is 0 Å². The van der Waals surface area contributed by atoms with Crippen LogP contribution in [0.1, 0.15) is 6.42 Å². The monoisotopic (exact) mass is 222 g/mol. The molecule has 0 rings (SSSR count). The van der Waals surface area contributed by atoms with Crippen LogP contribution in [-0.2, 0) is 9.53 Å². The molecule has 0 aliphatic rings. The van der Waals surface area contributed by atoms with E-state index in [2.05, 4.69) is 11.3 Å². The number of aliphatic hydroxyl groups excluding tert-OH is 3. The Balaban J connectivity index is 4.02. The summed E-state index contributed by atoms with van der Waals surface area (Å²) < 4.78 is 16.6. The lowest BCUT2D eigenvalue weighted by Gasteiger charge is -2.26. The molecule has 3 N–H and O–H groups in total. The zero-order chi connectivity index (χ0) is 11.9. The molecule has 0 amide bonds. The number of carbonyl (C=O) groups is 1. The summed E-state index contributed by atoms with van der Waals surface area (Å²) in [7, 11) is 0. The van der Waals surface area contributed by atoms with Gasteiger partial charge in [-0.2, -0.15) is 4.39 Å². The second-order valence-electron chi connectivity index (χ2n) is 3.27. The van der Waals surface area contributed by atoms with Crippen molar-refractivity contribution < 1.29 is 29.2 Å². The lowest BCUT2D eigenvalue weighted by molar-refractivity contribution is -0.142. The molecule has 0 heterocycles. The van der Waals surface area contributed by atoms with Gasteiger partial charge in [0.2, 0.25) is 5.83 Å². The van der Waals surface area contributed by atoms with Gasteiger partial charge in [0, 0.05) is 5.41 Å². The number of rotatable bonds is 7. The molecule has 0 aromatic rings. The first-order valence-electron chi connectivity index (χ1n) is 4.35. The van der Waals surface area contributed by atoms with Gasteiger partial charge in [0.05, 0.1) is 26.4 Å². The Labute approximate surface area is 86.8 Å². The number of ether oxygens (including phenoxy) is 1. The molecule has 0 saturated heterocycles. The van der Waals surface area contributed by atoms with Crippen LogP contribution in [0.15, 0.2) is 12.4 Å². The highest BCUT2D eigenvalue weighted by Gasteiger charge is 2.28. The fourth-order valence-corrected chi connectivity index (χ4v) is 0.826. The second-order valence-corrected chi connectivity index (χ2v) is 3.27. The van der Waals surface area contributed by atoms with Crippen LogP contribution in [0.5, 0.6) is 0 Å². The van der Waals surface area contributed by atoms with E-state index >= 15 is 0 Å². The summed E-state index contributed by atoms with van der Waals surface area (Å²) in [5.41, 5.74) is -1.11. The Kier molecular flexibility index (Phi) is 6.07. The van der Waals surface area contributed by atoms with E-state index in [-0.39, 0.29) is 13.0 Å². The number of aliphatic hydroxyl groups is 3. The van der Waals surface area contributed by atoms with Crippen molar-refractivity contribution in [2.45, 2.75) is 6.42 Å². The van der Waals surface area contributed by atoms with E-state index in [1.807, 2.05) is 0 Å². The topological polar surface area (TPSA) is 87.0 Å². The minimum absolute atomic E-state index is 0.0372. The molecule has 0 fully saturated rings. The molecule has 0 aliphatic heterocycles. The van der Waals surface area contributed by atoms with Crippen molar-refractivity contribution in [1.82, 2.24) is 0 Å². The first-order chi connectivity index (χ1) is 7.01. The van der Waals surface area contributed by atoms with Gasteiger partial charge >= 0.3 is 5.97 Å². The van der Waals surface area contributed by atoms with Crippen LogP contribution in [-0.4, -0.2) is 47.7 Å². The molecule has 0 unspecified atom stereocenters. The smallest absolute Gasteiger partial charge is 0.366 e. The quantitative estimate of drug-likeness (QED) is 0.394. The minimum atomic E-state index is -1.21. The van der Waals surface area contributed by atoms with Gasteiger partial charge in [-0.1, -0.05) is 6.58 Å². The lowest BCUT2D eigenvalue weighted by atomic mass is 9.88. The SMILES string of the molecule is C=C(F)C(=O)OCCC(CO)(CO)CO. The summed E-state index contributed by atoms with van der Waals surface area (Å²) in [4.78, 5) is 10.6. The predicted molar refractivity (Wildman–Crippen MR) is 49.5 cm³/mol. The Morgan fingerprint density at radius 2 is 1.73 bits per heavy atom. The van der Waals surface area contributed by atoms with Crippen molar-refractivity contribution in [3.8, 4) is 0 Å². The summed E-state index contributed by atoms with van der Waals surface area (Å²) in [5, 5.41) is 26.7. The molecule has 5 nitrogen and oxygen atoms in total. The van der Waals surface area contributed by atoms with Gasteiger partial charge in [-0.3, -0.25) is 0 Å². The van der Waals surface area contributed by atoms with E-state index in [4.69, 9.17) is 15.3 Å². The van der Waals surface area contributed by atoms with Crippen LogP contribution in [0, 0.1) is 5.41 Å². The van der Waals surface area contributed by atoms with Crippen LogP contribution in [0.25, 0.3) is 0 Å². The van der Waals surface area contributed by atoms with E-state index in [0.717, 1.165) is 0 Å². The van der Waals surface area contributed by atoms with Crippen molar-refractivity contribution >= 4 is 5.97 Å². The molecule has 0 radical (unpaired) electrons. The van der Waals surface area contributed by atoms with Crippen LogP contribution in [0.3, 0.4) is 0 Å². The van der Waals surface area contributed by atoms with Gasteiger partial charge < -0.3 is 20.1 Å². The number of halogens is 1. The first kappa shape index (κ1) is 14.0. The van der Waals surface area contributed by atoms with Crippen LogP contribution < -0.4 is 0 Å². The Morgan fingerprint density at radius 1 is 1.27 bits per heavy atom. The van der Waals surface area contributed by atoms with Crippen LogP contribution in [0.2, 0.25) is 0 Å². The van der Waals surface area contributed by atoms with Gasteiger partial charge in [-0.05, 0) is 6.42 Å². The molecule has 0 atom stereocenters. The Morgan fingerprint density at radius 3 is 2.07 bits per heavy atom. The number of carbonyl (C=O) groups excluding carboxylic acids is 1. The molecule has 0 aromatic carbocycles. The Bertz CT molecular complexity index is 216. The molecule has 15 heavy (non-hydrogen) atoms. The van der Waals surface area contributed by atoms with Gasteiger partial charge in [0.15, 0.2) is 0 Å². The van der Waals surface area contributed by atoms with E-state index in [9.17, 15) is 9.18 Å². The maximum Gasteiger partial charge on any atom is 0.366 e. The van der Waals surface area contributed by atoms with Gasteiger partial charge in [0.25, 0.3) is 0 Å². The molecule has 0 aliphatic carbocycles. The van der Waals surface area contributed by atoms with Crippen molar-refractivity contribution in [3.05, 3.63) is 12.4 Å². The summed E-state index contributed by atoms with van der Waals surface area (Å²) >= 11 is 0. The van der Waals surface area contributed by atoms with Crippen LogP contribution in [0.4, 0.5) is 4.39 Å². The van der Waals surface area contributed by atoms with E-state index in [1.54, 1.807) is 0 Å². The summed E-state index contributed by atoms with van der Waals surface area (Å²) in [6, 6.07) is 0. The molecule has 0 spiro atoms. The average molecular weight is 222 g/mol. The molecular formula is C9H15FO5. The fraction of sp³-hybridized carbons (Fsp3) is 0.667. The third-order valence-corrected chi connectivity index (χ3v) is 2.09. The van der Waals surface area contributed by atoms with Gasteiger partial charge in [0.1, 0.15) is 0 Å². The van der Waals surface area contributed by atoms with Crippen molar-refractivity contribution in [2.24, 2.45) is 5.41 Å². The zero-order valence-electron chi connectivity index (χ0n) is 8.28. The summed E-state index contributed by atoms with van der Waals surface area (Å²) in [6.45, 7) is 1.19. The number of esters is 1. The number of hydrogen-bond acceptors (Lipinski definition) is 5. The standard InChI is InChI=1S/C9H15FO5/c1-7(10)8(14)15-3-2-9(4-11,5-12)6-13/h11-13H,1-6H2. The molecule has 88 valence electrons. The lowest BCUT2D eigenvalue weighted by Crippen LogP contribution is -2.35. The molecule has 0 bridgehead atoms. The minimum Gasteiger partial charge on any atom is -0.460 e. The van der Waals surface area contributed by atoms with Gasteiger partial charge in [-0.15, -0.1) is 0 Å². The summed E-state index contributed by atoms with van der Waals surface area (Å²) in [5.74, 6) is -2.39. The highest BCUT2D eigenvalue weighted by molar-refractivity contribution is 5.85. The van der Waals surface area contributed by atoms with Gasteiger partial charge in [-0.25, -0.2) is 4.79 Å². The van der Waals surface area contributed by atoms with Crippen molar-refractivity contribution in [2.75, 3.05) is 26.4 Å². The molecule has 0 aromatic heterocycles. The largest absolute Gasteiger partial charge is 0.460 e. The fourth-order valence-electron chi connectivity index (χ4n) is 0.826. The third-order valence-electron chi connectivity index (χ3n) is 2.09. The Hall–Kier alpha value is -0.980. The summed E-state index contributed by atoms with van der Waals surface area (Å²) in [6.07, 6.45) is 0.0372. The highest BCUT2D eigenvalue weighted by atomic mass is 19.1. The van der Waals surface area contributed by atoms with Crippen molar-refractivity contribution in [3.63, 3.8) is 0 Å². The normalized spacial score (nSPS) is 11.2. The van der Waals surface area contributed by atoms with Crippen molar-refractivity contribution in [1.29, 1.82) is 0 Å². The highest BCUT2D eigenvalue weighted by Crippen LogP contribution is 2.19. The molecule has 6 heteroatoms. The number of hydrogen-bond donors (Lipinski definition) is 3. The molecular weight excluding hydrogens is 207 g/mol. The predicted octanol–water partition coefficient (Wildman–Crippen LogP) is -0.634. The average Bonchev–Trinajstić information content (AvgIpc) is 2.24. The third kappa shape index (κ3) is 4.37. The maximum absolute atomic E-state index is 12.1. The zero-order valence-corrected chi connectivity index (χ0v) is 8.28. The maximum atomic E-state index is 12.1. The van der Waals surface area contributed by atoms with E-state index < -0.39 is 37.0 Å².